The van der Waals surface area contributed by atoms with Crippen molar-refractivity contribution in [2.24, 2.45) is 0 Å². The van der Waals surface area contributed by atoms with Crippen molar-refractivity contribution in [2.45, 2.75) is 32.9 Å². The number of carbonyl (C=O) groups is 2. The Bertz CT molecular complexity index is 1330. The average Bonchev–Trinajstić information content (AvgIpc) is 2.91. The van der Waals surface area contributed by atoms with Gasteiger partial charge in [-0.15, -0.1) is 0 Å². The van der Waals surface area contributed by atoms with E-state index in [9.17, 15) is 18.0 Å². The Labute approximate surface area is 239 Å². The fourth-order valence-corrected chi connectivity index (χ4v) is 5.24. The SMILES string of the molecule is CCNC(=O)[C@H](Cc1ccccc1)N(Cc1ccc(Br)cc1)C(=O)CN(c1ccc(OCC)cc1)S(C)(=O)=O. The number of anilines is 1. The lowest BCUT2D eigenvalue weighted by molar-refractivity contribution is -0.140. The van der Waals surface area contributed by atoms with Gasteiger partial charge in [-0.2, -0.15) is 0 Å². The van der Waals surface area contributed by atoms with Crippen LogP contribution in [0.15, 0.2) is 83.3 Å². The summed E-state index contributed by atoms with van der Waals surface area (Å²) in [7, 11) is -3.83. The molecule has 0 aliphatic rings. The number of rotatable bonds is 13. The van der Waals surface area contributed by atoms with Crippen molar-refractivity contribution >= 4 is 43.5 Å². The molecule has 39 heavy (non-hydrogen) atoms. The Morgan fingerprint density at radius 2 is 1.56 bits per heavy atom. The first kappa shape index (κ1) is 30.2. The summed E-state index contributed by atoms with van der Waals surface area (Å²) in [4.78, 5) is 28.8. The van der Waals surface area contributed by atoms with Crippen molar-refractivity contribution in [2.75, 3.05) is 30.3 Å². The van der Waals surface area contributed by atoms with Crippen LogP contribution < -0.4 is 14.4 Å². The molecule has 3 rings (SSSR count). The number of hydrogen-bond acceptors (Lipinski definition) is 5. The molecule has 0 spiro atoms. The van der Waals surface area contributed by atoms with Crippen LogP contribution in [0.1, 0.15) is 25.0 Å². The molecule has 0 aromatic heterocycles. The Balaban J connectivity index is 2.00. The molecule has 3 aromatic carbocycles. The Hall–Kier alpha value is -3.37. The maximum absolute atomic E-state index is 14.0. The van der Waals surface area contributed by atoms with Crippen molar-refractivity contribution in [1.29, 1.82) is 0 Å². The molecule has 1 N–H and O–H groups in total. The summed E-state index contributed by atoms with van der Waals surface area (Å²) in [6.45, 7) is 4.20. The first-order valence-corrected chi connectivity index (χ1v) is 15.3. The molecule has 2 amide bonds. The van der Waals surface area contributed by atoms with E-state index in [2.05, 4.69) is 21.2 Å². The van der Waals surface area contributed by atoms with Gasteiger partial charge in [0.2, 0.25) is 21.8 Å². The van der Waals surface area contributed by atoms with Crippen LogP contribution >= 0.6 is 15.9 Å². The van der Waals surface area contributed by atoms with E-state index in [1.165, 1.54) is 4.90 Å². The van der Waals surface area contributed by atoms with Crippen LogP contribution in [0.4, 0.5) is 5.69 Å². The van der Waals surface area contributed by atoms with E-state index in [1.54, 1.807) is 24.3 Å². The largest absolute Gasteiger partial charge is 0.494 e. The zero-order valence-corrected chi connectivity index (χ0v) is 24.7. The average molecular weight is 617 g/mol. The lowest BCUT2D eigenvalue weighted by Gasteiger charge is -2.33. The minimum absolute atomic E-state index is 0.127. The Morgan fingerprint density at radius 1 is 0.923 bits per heavy atom. The molecule has 1 atom stereocenters. The van der Waals surface area contributed by atoms with E-state index in [0.717, 1.165) is 26.2 Å². The van der Waals surface area contributed by atoms with Crippen LogP contribution in [-0.4, -0.2) is 57.1 Å². The second-order valence-corrected chi connectivity index (χ2v) is 11.8. The number of hydrogen-bond donors (Lipinski definition) is 1. The van der Waals surface area contributed by atoms with Gasteiger partial charge in [0.15, 0.2) is 0 Å². The quantitative estimate of drug-likeness (QED) is 0.308. The lowest BCUT2D eigenvalue weighted by Crippen LogP contribution is -2.53. The van der Waals surface area contributed by atoms with E-state index in [0.29, 0.717) is 24.6 Å². The standard InChI is InChI=1S/C29H34BrN3O5S/c1-4-31-29(35)27(19-22-9-7-6-8-10-22)32(20-23-11-13-24(30)14-12-23)28(34)21-33(39(3,36)37)25-15-17-26(18-16-25)38-5-2/h6-18,27H,4-5,19-21H2,1-3H3,(H,31,35)/t27-/m0/s1. The molecule has 0 aliphatic heterocycles. The fourth-order valence-electron chi connectivity index (χ4n) is 4.12. The molecule has 8 nitrogen and oxygen atoms in total. The third kappa shape index (κ3) is 8.83. The van der Waals surface area contributed by atoms with E-state index in [-0.39, 0.29) is 18.9 Å². The van der Waals surface area contributed by atoms with Gasteiger partial charge in [0, 0.05) is 24.0 Å². The highest BCUT2D eigenvalue weighted by Crippen LogP contribution is 2.23. The van der Waals surface area contributed by atoms with Gasteiger partial charge < -0.3 is 15.0 Å². The van der Waals surface area contributed by atoms with Crippen molar-refractivity contribution in [1.82, 2.24) is 10.2 Å². The molecule has 0 heterocycles. The molecular weight excluding hydrogens is 582 g/mol. The smallest absolute Gasteiger partial charge is 0.244 e. The first-order chi connectivity index (χ1) is 18.6. The molecule has 3 aromatic rings. The zero-order chi connectivity index (χ0) is 28.4. The van der Waals surface area contributed by atoms with Crippen molar-refractivity contribution in [3.8, 4) is 5.75 Å². The predicted octanol–water partition coefficient (Wildman–Crippen LogP) is 4.39. The lowest BCUT2D eigenvalue weighted by atomic mass is 10.0. The van der Waals surface area contributed by atoms with E-state index in [1.807, 2.05) is 68.4 Å². The number of halogens is 1. The van der Waals surface area contributed by atoms with Crippen LogP contribution in [0.5, 0.6) is 5.75 Å². The number of benzene rings is 3. The number of nitrogens with zero attached hydrogens (tertiary/aromatic N) is 2. The minimum atomic E-state index is -3.83. The number of sulfonamides is 1. The van der Waals surface area contributed by atoms with E-state index in [4.69, 9.17) is 4.74 Å². The number of nitrogens with one attached hydrogen (secondary N) is 1. The van der Waals surface area contributed by atoms with Gasteiger partial charge >= 0.3 is 0 Å². The van der Waals surface area contributed by atoms with Gasteiger partial charge in [-0.3, -0.25) is 13.9 Å². The topological polar surface area (TPSA) is 96.0 Å². The molecule has 10 heteroatoms. The van der Waals surface area contributed by atoms with Crippen LogP contribution in [0, 0.1) is 0 Å². The molecule has 0 fully saturated rings. The molecular formula is C29H34BrN3O5S. The number of amides is 2. The Morgan fingerprint density at radius 3 is 2.13 bits per heavy atom. The van der Waals surface area contributed by atoms with Crippen LogP contribution in [-0.2, 0) is 32.6 Å². The van der Waals surface area contributed by atoms with Gasteiger partial charge in [0.05, 0.1) is 18.6 Å². The number of ether oxygens (including phenoxy) is 1. The summed E-state index contributed by atoms with van der Waals surface area (Å²) in [5.74, 6) is -0.208. The van der Waals surface area contributed by atoms with E-state index < -0.39 is 28.5 Å². The molecule has 0 radical (unpaired) electrons. The van der Waals surface area contributed by atoms with Crippen molar-refractivity contribution < 1.29 is 22.7 Å². The van der Waals surface area contributed by atoms with Crippen LogP contribution in [0.3, 0.4) is 0 Å². The van der Waals surface area contributed by atoms with Crippen molar-refractivity contribution in [3.63, 3.8) is 0 Å². The second kappa shape index (κ2) is 14.1. The summed E-state index contributed by atoms with van der Waals surface area (Å²) in [5, 5.41) is 2.84. The minimum Gasteiger partial charge on any atom is -0.494 e. The van der Waals surface area contributed by atoms with Crippen molar-refractivity contribution in [3.05, 3.63) is 94.5 Å². The first-order valence-electron chi connectivity index (χ1n) is 12.7. The summed E-state index contributed by atoms with van der Waals surface area (Å²) >= 11 is 3.43. The third-order valence-electron chi connectivity index (χ3n) is 6.00. The molecule has 0 saturated carbocycles. The Kier molecular flexibility index (Phi) is 10.9. The monoisotopic (exact) mass is 615 g/mol. The molecule has 0 unspecified atom stereocenters. The molecule has 0 bridgehead atoms. The van der Waals surface area contributed by atoms with Gasteiger partial charge in [-0.25, -0.2) is 8.42 Å². The number of likely N-dealkylation sites (N-methyl/N-ethyl adjacent to an activating group) is 1. The maximum atomic E-state index is 14.0. The highest BCUT2D eigenvalue weighted by molar-refractivity contribution is 9.10. The highest BCUT2D eigenvalue weighted by Gasteiger charge is 2.32. The molecule has 208 valence electrons. The highest BCUT2D eigenvalue weighted by atomic mass is 79.9. The summed E-state index contributed by atoms with van der Waals surface area (Å²) in [6, 6.07) is 22.6. The fraction of sp³-hybridized carbons (Fsp3) is 0.310. The maximum Gasteiger partial charge on any atom is 0.244 e. The zero-order valence-electron chi connectivity index (χ0n) is 22.3. The normalized spacial score (nSPS) is 11.9. The third-order valence-corrected chi connectivity index (χ3v) is 7.67. The van der Waals surface area contributed by atoms with Gasteiger partial charge in [0.1, 0.15) is 18.3 Å². The van der Waals surface area contributed by atoms with Crippen LogP contribution in [0.25, 0.3) is 0 Å². The van der Waals surface area contributed by atoms with Gasteiger partial charge in [-0.1, -0.05) is 58.4 Å². The van der Waals surface area contributed by atoms with Crippen LogP contribution in [0.2, 0.25) is 0 Å². The van der Waals surface area contributed by atoms with Gasteiger partial charge in [0.25, 0.3) is 0 Å². The summed E-state index contributed by atoms with van der Waals surface area (Å²) < 4.78 is 33.1. The summed E-state index contributed by atoms with van der Waals surface area (Å²) in [6.07, 6.45) is 1.33. The second-order valence-electron chi connectivity index (χ2n) is 8.94. The predicted molar refractivity (Wildman–Crippen MR) is 157 cm³/mol. The summed E-state index contributed by atoms with van der Waals surface area (Å²) in [5.41, 5.74) is 2.02. The molecule has 0 saturated heterocycles. The van der Waals surface area contributed by atoms with Gasteiger partial charge in [-0.05, 0) is 61.4 Å². The number of carbonyl (C=O) groups excluding carboxylic acids is 2. The van der Waals surface area contributed by atoms with E-state index >= 15 is 0 Å². The molecule has 0 aliphatic carbocycles.